The van der Waals surface area contributed by atoms with Crippen LogP contribution in [0.4, 0.5) is 22.7 Å². The van der Waals surface area contributed by atoms with Crippen LogP contribution in [0.1, 0.15) is 35.1 Å². The van der Waals surface area contributed by atoms with Gasteiger partial charge in [-0.2, -0.15) is 0 Å². The molecular formula is C28H20N4O8. The highest BCUT2D eigenvalue weighted by molar-refractivity contribution is 5.61. The smallest absolute Gasteiger partial charge is 0.258 e. The summed E-state index contributed by atoms with van der Waals surface area (Å²) < 4.78 is 0. The summed E-state index contributed by atoms with van der Waals surface area (Å²) in [6, 6.07) is 24.2. The molecule has 1 aliphatic carbocycles. The minimum atomic E-state index is -0.927. The molecule has 0 amide bonds. The first-order chi connectivity index (χ1) is 19.1. The summed E-state index contributed by atoms with van der Waals surface area (Å²) in [4.78, 5) is 43.5. The molecule has 0 unspecified atom stereocenters. The molecule has 40 heavy (non-hydrogen) atoms. The molecule has 0 heterocycles. The van der Waals surface area contributed by atoms with Gasteiger partial charge < -0.3 is 0 Å². The summed E-state index contributed by atoms with van der Waals surface area (Å²) in [7, 11) is 0. The topological polar surface area (TPSA) is 173 Å². The fourth-order valence-corrected chi connectivity index (χ4v) is 5.99. The second-order valence-electron chi connectivity index (χ2n) is 9.53. The number of nitrogens with zero attached hydrogens (tertiary/aromatic N) is 4. The summed E-state index contributed by atoms with van der Waals surface area (Å²) in [5.41, 5.74) is 0.454. The summed E-state index contributed by atoms with van der Waals surface area (Å²) >= 11 is 0. The lowest BCUT2D eigenvalue weighted by Gasteiger charge is -2.61. The minimum absolute atomic E-state index is 0.113. The van der Waals surface area contributed by atoms with Crippen LogP contribution < -0.4 is 0 Å². The highest BCUT2D eigenvalue weighted by Crippen LogP contribution is 2.65. The first-order valence-corrected chi connectivity index (χ1v) is 12.1. The summed E-state index contributed by atoms with van der Waals surface area (Å²) in [5, 5.41) is 45.6. The third kappa shape index (κ3) is 3.93. The van der Waals surface area contributed by atoms with E-state index in [1.807, 2.05) is 0 Å². The molecule has 0 N–H and O–H groups in total. The van der Waals surface area contributed by atoms with Gasteiger partial charge in [0.25, 0.3) is 22.7 Å². The highest BCUT2D eigenvalue weighted by Gasteiger charge is 2.62. The number of nitro benzene ring substituents is 4. The molecule has 0 aromatic heterocycles. The number of rotatable bonds is 8. The third-order valence-electron chi connectivity index (χ3n) is 7.89. The van der Waals surface area contributed by atoms with Crippen molar-refractivity contribution >= 4 is 22.7 Å². The van der Waals surface area contributed by atoms with E-state index in [0.717, 1.165) is 0 Å². The van der Waals surface area contributed by atoms with E-state index in [4.69, 9.17) is 0 Å². The fraction of sp³-hybridized carbons (Fsp3) is 0.143. The Morgan fingerprint density at radius 1 is 0.375 bits per heavy atom. The number of nitro groups is 4. The van der Waals surface area contributed by atoms with Gasteiger partial charge in [0.15, 0.2) is 0 Å². The van der Waals surface area contributed by atoms with Gasteiger partial charge in [-0.05, 0) is 35.1 Å². The van der Waals surface area contributed by atoms with Crippen LogP contribution in [0.15, 0.2) is 97.1 Å². The molecule has 12 nitrogen and oxygen atoms in total. The summed E-state index contributed by atoms with van der Waals surface area (Å²) in [6.45, 7) is 0. The normalized spacial score (nSPS) is 15.0. The SMILES string of the molecule is O=[N+]([O-])c1ccc(C2(c3ccc([N+](=O)[O-])cc3)CCC2(c2ccc([N+](=O)[O-])cc2)c2ccc([N+](=O)[O-])cc2)cc1. The van der Waals surface area contributed by atoms with Crippen LogP contribution in [0, 0.1) is 40.5 Å². The van der Waals surface area contributed by atoms with E-state index in [0.29, 0.717) is 35.1 Å². The zero-order valence-electron chi connectivity index (χ0n) is 20.7. The van der Waals surface area contributed by atoms with Gasteiger partial charge in [0, 0.05) is 59.4 Å². The molecule has 0 atom stereocenters. The van der Waals surface area contributed by atoms with Crippen molar-refractivity contribution in [2.75, 3.05) is 0 Å². The Hall–Kier alpha value is -5.52. The Morgan fingerprint density at radius 2 is 0.550 bits per heavy atom. The van der Waals surface area contributed by atoms with Crippen molar-refractivity contribution in [3.63, 3.8) is 0 Å². The van der Waals surface area contributed by atoms with E-state index >= 15 is 0 Å². The van der Waals surface area contributed by atoms with Gasteiger partial charge in [-0.1, -0.05) is 48.5 Å². The first-order valence-electron chi connectivity index (χ1n) is 12.1. The van der Waals surface area contributed by atoms with Crippen LogP contribution in [-0.2, 0) is 10.8 Å². The lowest BCUT2D eigenvalue weighted by Crippen LogP contribution is -2.59. The van der Waals surface area contributed by atoms with Gasteiger partial charge in [-0.25, -0.2) is 0 Å². The van der Waals surface area contributed by atoms with Crippen molar-refractivity contribution < 1.29 is 19.7 Å². The average molecular weight is 540 g/mol. The second-order valence-corrected chi connectivity index (χ2v) is 9.53. The summed E-state index contributed by atoms with van der Waals surface area (Å²) in [6.07, 6.45) is 1.05. The fourth-order valence-electron chi connectivity index (χ4n) is 5.99. The van der Waals surface area contributed by atoms with Crippen LogP contribution in [0.25, 0.3) is 0 Å². The molecule has 0 spiro atoms. The molecular weight excluding hydrogens is 520 g/mol. The molecule has 0 saturated heterocycles. The predicted molar refractivity (Wildman–Crippen MR) is 143 cm³/mol. The number of non-ortho nitro benzene ring substituents is 4. The molecule has 200 valence electrons. The minimum Gasteiger partial charge on any atom is -0.258 e. The quantitative estimate of drug-likeness (QED) is 0.183. The molecule has 1 fully saturated rings. The second kappa shape index (κ2) is 9.66. The van der Waals surface area contributed by atoms with Gasteiger partial charge in [0.2, 0.25) is 0 Å². The standard InChI is InChI=1S/C28H20N4O8/c33-29(34)23-9-1-19(2-10-23)27(20-3-11-24(12-4-20)30(35)36)17-18-28(27,21-5-13-25(14-6-21)31(37)38)22-7-15-26(16-8-22)32(39)40/h1-16H,17-18H2. The van der Waals surface area contributed by atoms with Crippen molar-refractivity contribution in [2.45, 2.75) is 23.7 Å². The van der Waals surface area contributed by atoms with E-state index < -0.39 is 30.5 Å². The first kappa shape index (κ1) is 26.1. The van der Waals surface area contributed by atoms with E-state index in [2.05, 4.69) is 0 Å². The van der Waals surface area contributed by atoms with E-state index in [9.17, 15) is 40.5 Å². The zero-order chi connectivity index (χ0) is 28.7. The molecule has 0 radical (unpaired) electrons. The number of benzene rings is 4. The van der Waals surface area contributed by atoms with Gasteiger partial charge in [0.05, 0.1) is 19.7 Å². The number of hydrogen-bond donors (Lipinski definition) is 0. The monoisotopic (exact) mass is 540 g/mol. The predicted octanol–water partition coefficient (Wildman–Crippen LogP) is 6.39. The van der Waals surface area contributed by atoms with Crippen molar-refractivity contribution in [3.8, 4) is 0 Å². The van der Waals surface area contributed by atoms with Crippen molar-refractivity contribution in [1.82, 2.24) is 0 Å². The summed E-state index contributed by atoms with van der Waals surface area (Å²) in [5.74, 6) is 0. The van der Waals surface area contributed by atoms with E-state index in [1.165, 1.54) is 48.5 Å². The number of hydrogen-bond acceptors (Lipinski definition) is 8. The van der Waals surface area contributed by atoms with Crippen LogP contribution in [0.2, 0.25) is 0 Å². The van der Waals surface area contributed by atoms with Crippen LogP contribution in [0.5, 0.6) is 0 Å². The van der Waals surface area contributed by atoms with Crippen LogP contribution in [-0.4, -0.2) is 19.7 Å². The van der Waals surface area contributed by atoms with Gasteiger partial charge in [-0.3, -0.25) is 40.5 Å². The maximum Gasteiger partial charge on any atom is 0.269 e. The maximum atomic E-state index is 11.4. The maximum absolute atomic E-state index is 11.4. The molecule has 4 aromatic rings. The molecule has 4 aromatic carbocycles. The van der Waals surface area contributed by atoms with Crippen molar-refractivity contribution in [1.29, 1.82) is 0 Å². The lowest BCUT2D eigenvalue weighted by molar-refractivity contribution is -0.385. The Bertz CT molecular complexity index is 1390. The van der Waals surface area contributed by atoms with E-state index in [-0.39, 0.29) is 22.7 Å². The van der Waals surface area contributed by atoms with Crippen LogP contribution in [0.3, 0.4) is 0 Å². The van der Waals surface area contributed by atoms with Gasteiger partial charge in [-0.15, -0.1) is 0 Å². The molecule has 12 heteroatoms. The van der Waals surface area contributed by atoms with Crippen molar-refractivity contribution in [2.24, 2.45) is 0 Å². The highest BCUT2D eigenvalue weighted by atomic mass is 16.6. The molecule has 1 aliphatic rings. The average Bonchev–Trinajstić information content (AvgIpc) is 2.94. The lowest BCUT2D eigenvalue weighted by atomic mass is 9.40. The molecule has 0 bridgehead atoms. The van der Waals surface area contributed by atoms with E-state index in [1.54, 1.807) is 48.5 Å². The third-order valence-corrected chi connectivity index (χ3v) is 7.89. The van der Waals surface area contributed by atoms with Gasteiger partial charge >= 0.3 is 0 Å². The Labute approximate surface area is 226 Å². The molecule has 5 rings (SSSR count). The molecule has 1 saturated carbocycles. The largest absolute Gasteiger partial charge is 0.269 e. The van der Waals surface area contributed by atoms with Crippen molar-refractivity contribution in [3.05, 3.63) is 160 Å². The Kier molecular flexibility index (Phi) is 6.30. The molecule has 0 aliphatic heterocycles. The van der Waals surface area contributed by atoms with Crippen LogP contribution >= 0.6 is 0 Å². The van der Waals surface area contributed by atoms with Gasteiger partial charge in [0.1, 0.15) is 0 Å². The Balaban J connectivity index is 1.82. The Morgan fingerprint density at radius 3 is 0.675 bits per heavy atom. The zero-order valence-corrected chi connectivity index (χ0v) is 20.7.